The summed E-state index contributed by atoms with van der Waals surface area (Å²) in [5.74, 6) is 0. The lowest BCUT2D eigenvalue weighted by atomic mass is 9.93. The second-order valence-electron chi connectivity index (χ2n) is 4.85. The zero-order valence-corrected chi connectivity index (χ0v) is 10.2. The summed E-state index contributed by atoms with van der Waals surface area (Å²) in [5.41, 5.74) is 7.14. The van der Waals surface area contributed by atoms with Gasteiger partial charge in [-0.3, -0.25) is 4.90 Å². The molecule has 0 bridgehead atoms. The first-order chi connectivity index (χ1) is 7.74. The van der Waals surface area contributed by atoms with Gasteiger partial charge in [-0.15, -0.1) is 0 Å². The van der Waals surface area contributed by atoms with Crippen LogP contribution in [-0.4, -0.2) is 23.5 Å². The SMILES string of the molecule is CC1CCCC(CN)N1C(C)c1ccoc1. The van der Waals surface area contributed by atoms with Gasteiger partial charge >= 0.3 is 0 Å². The fourth-order valence-corrected chi connectivity index (χ4v) is 2.93. The zero-order chi connectivity index (χ0) is 11.5. The van der Waals surface area contributed by atoms with Gasteiger partial charge in [0.05, 0.1) is 12.5 Å². The molecule has 0 saturated carbocycles. The van der Waals surface area contributed by atoms with Crippen molar-refractivity contribution in [1.82, 2.24) is 4.90 Å². The lowest BCUT2D eigenvalue weighted by Gasteiger charge is -2.43. The highest BCUT2D eigenvalue weighted by molar-refractivity contribution is 5.12. The molecule has 2 rings (SSSR count). The maximum atomic E-state index is 5.88. The molecule has 3 heteroatoms. The van der Waals surface area contributed by atoms with Crippen LogP contribution in [0, 0.1) is 0 Å². The van der Waals surface area contributed by atoms with E-state index in [1.165, 1.54) is 24.8 Å². The highest BCUT2D eigenvalue weighted by atomic mass is 16.3. The molecule has 0 aromatic carbocycles. The fourth-order valence-electron chi connectivity index (χ4n) is 2.93. The van der Waals surface area contributed by atoms with E-state index in [1.54, 1.807) is 6.26 Å². The van der Waals surface area contributed by atoms with E-state index in [9.17, 15) is 0 Å². The van der Waals surface area contributed by atoms with Crippen molar-refractivity contribution >= 4 is 0 Å². The summed E-state index contributed by atoms with van der Waals surface area (Å²) < 4.78 is 5.17. The van der Waals surface area contributed by atoms with Crippen molar-refractivity contribution in [3.05, 3.63) is 24.2 Å². The van der Waals surface area contributed by atoms with Crippen LogP contribution in [0.3, 0.4) is 0 Å². The number of nitrogens with two attached hydrogens (primary N) is 1. The molecule has 1 aliphatic heterocycles. The molecule has 3 nitrogen and oxygen atoms in total. The average molecular weight is 222 g/mol. The fraction of sp³-hybridized carbons (Fsp3) is 0.692. The van der Waals surface area contributed by atoms with Crippen molar-refractivity contribution in [2.24, 2.45) is 5.73 Å². The largest absolute Gasteiger partial charge is 0.472 e. The van der Waals surface area contributed by atoms with Crippen LogP contribution >= 0.6 is 0 Å². The molecule has 3 atom stereocenters. The molecule has 1 saturated heterocycles. The Bertz CT molecular complexity index is 310. The van der Waals surface area contributed by atoms with Crippen LogP contribution in [0.15, 0.2) is 23.0 Å². The molecule has 0 spiro atoms. The van der Waals surface area contributed by atoms with E-state index in [4.69, 9.17) is 10.2 Å². The molecule has 1 aromatic heterocycles. The van der Waals surface area contributed by atoms with Crippen molar-refractivity contribution in [2.45, 2.75) is 51.2 Å². The smallest absolute Gasteiger partial charge is 0.0950 e. The molecular weight excluding hydrogens is 200 g/mol. The molecule has 90 valence electrons. The number of rotatable bonds is 3. The Balaban J connectivity index is 2.15. The van der Waals surface area contributed by atoms with E-state index in [1.807, 2.05) is 6.26 Å². The molecule has 2 N–H and O–H groups in total. The van der Waals surface area contributed by atoms with Crippen LogP contribution in [0.4, 0.5) is 0 Å². The van der Waals surface area contributed by atoms with Gasteiger partial charge in [0, 0.05) is 30.2 Å². The normalized spacial score (nSPS) is 29.2. The summed E-state index contributed by atoms with van der Waals surface area (Å²) in [6, 6.07) is 3.60. The Morgan fingerprint density at radius 2 is 2.38 bits per heavy atom. The van der Waals surface area contributed by atoms with E-state index < -0.39 is 0 Å². The van der Waals surface area contributed by atoms with E-state index in [2.05, 4.69) is 24.8 Å². The van der Waals surface area contributed by atoms with Gasteiger partial charge in [-0.2, -0.15) is 0 Å². The summed E-state index contributed by atoms with van der Waals surface area (Å²) >= 11 is 0. The van der Waals surface area contributed by atoms with Crippen LogP contribution in [0.1, 0.15) is 44.7 Å². The number of nitrogens with zero attached hydrogens (tertiary/aromatic N) is 1. The monoisotopic (exact) mass is 222 g/mol. The molecule has 1 fully saturated rings. The number of likely N-dealkylation sites (tertiary alicyclic amines) is 1. The van der Waals surface area contributed by atoms with Gasteiger partial charge in [-0.05, 0) is 32.8 Å². The average Bonchev–Trinajstić information content (AvgIpc) is 2.81. The predicted molar refractivity (Wildman–Crippen MR) is 65.1 cm³/mol. The summed E-state index contributed by atoms with van der Waals surface area (Å²) in [6.45, 7) is 5.31. The van der Waals surface area contributed by atoms with Gasteiger partial charge < -0.3 is 10.2 Å². The lowest BCUT2D eigenvalue weighted by molar-refractivity contribution is 0.0568. The first kappa shape index (κ1) is 11.7. The standard InChI is InChI=1S/C13H22N2O/c1-10-4-3-5-13(8-14)15(10)11(2)12-6-7-16-9-12/h6-7,9-11,13H,3-5,8,14H2,1-2H3. The van der Waals surface area contributed by atoms with Crippen molar-refractivity contribution in [3.63, 3.8) is 0 Å². The minimum Gasteiger partial charge on any atom is -0.472 e. The minimum absolute atomic E-state index is 0.405. The van der Waals surface area contributed by atoms with Crippen LogP contribution in [0.25, 0.3) is 0 Å². The lowest BCUT2D eigenvalue weighted by Crippen LogP contribution is -2.49. The molecule has 0 aliphatic carbocycles. The van der Waals surface area contributed by atoms with Crippen molar-refractivity contribution in [2.75, 3.05) is 6.54 Å². The van der Waals surface area contributed by atoms with E-state index in [0.29, 0.717) is 18.1 Å². The second-order valence-corrected chi connectivity index (χ2v) is 4.85. The maximum Gasteiger partial charge on any atom is 0.0950 e. The van der Waals surface area contributed by atoms with Crippen LogP contribution < -0.4 is 5.73 Å². The van der Waals surface area contributed by atoms with E-state index in [-0.39, 0.29) is 0 Å². The molecule has 0 radical (unpaired) electrons. The van der Waals surface area contributed by atoms with Gasteiger partial charge in [-0.25, -0.2) is 0 Å². The van der Waals surface area contributed by atoms with E-state index in [0.717, 1.165) is 6.54 Å². The van der Waals surface area contributed by atoms with Gasteiger partial charge in [0.15, 0.2) is 0 Å². The highest BCUT2D eigenvalue weighted by Gasteiger charge is 2.31. The molecule has 1 aromatic rings. The van der Waals surface area contributed by atoms with Crippen LogP contribution in [0.5, 0.6) is 0 Å². The summed E-state index contributed by atoms with van der Waals surface area (Å²) in [5, 5.41) is 0. The molecular formula is C13H22N2O. The third-order valence-electron chi connectivity index (χ3n) is 3.83. The van der Waals surface area contributed by atoms with Gasteiger partial charge in [0.25, 0.3) is 0 Å². The summed E-state index contributed by atoms with van der Waals surface area (Å²) in [6.07, 6.45) is 7.40. The third-order valence-corrected chi connectivity index (χ3v) is 3.83. The molecule has 3 unspecified atom stereocenters. The predicted octanol–water partition coefficient (Wildman–Crippen LogP) is 2.54. The Morgan fingerprint density at radius 3 is 3.00 bits per heavy atom. The quantitative estimate of drug-likeness (QED) is 0.854. The number of piperidine rings is 1. The summed E-state index contributed by atoms with van der Waals surface area (Å²) in [4.78, 5) is 2.55. The third kappa shape index (κ3) is 2.15. The number of hydrogen-bond donors (Lipinski definition) is 1. The number of furan rings is 1. The molecule has 0 amide bonds. The maximum absolute atomic E-state index is 5.88. The van der Waals surface area contributed by atoms with Gasteiger partial charge in [-0.1, -0.05) is 6.42 Å². The zero-order valence-electron chi connectivity index (χ0n) is 10.2. The summed E-state index contributed by atoms with van der Waals surface area (Å²) in [7, 11) is 0. The molecule has 16 heavy (non-hydrogen) atoms. The van der Waals surface area contributed by atoms with Crippen molar-refractivity contribution < 1.29 is 4.42 Å². The van der Waals surface area contributed by atoms with Crippen molar-refractivity contribution in [3.8, 4) is 0 Å². The molecule has 2 heterocycles. The second kappa shape index (κ2) is 5.02. The van der Waals surface area contributed by atoms with Crippen LogP contribution in [-0.2, 0) is 0 Å². The Hall–Kier alpha value is -0.800. The Morgan fingerprint density at radius 1 is 1.56 bits per heavy atom. The Kier molecular flexibility index (Phi) is 3.66. The van der Waals surface area contributed by atoms with Crippen molar-refractivity contribution in [1.29, 1.82) is 0 Å². The van der Waals surface area contributed by atoms with Crippen LogP contribution in [0.2, 0.25) is 0 Å². The highest BCUT2D eigenvalue weighted by Crippen LogP contribution is 2.31. The molecule has 1 aliphatic rings. The minimum atomic E-state index is 0.405. The topological polar surface area (TPSA) is 42.4 Å². The van der Waals surface area contributed by atoms with E-state index >= 15 is 0 Å². The van der Waals surface area contributed by atoms with Gasteiger partial charge in [0.2, 0.25) is 0 Å². The Labute approximate surface area is 97.6 Å². The number of hydrogen-bond acceptors (Lipinski definition) is 3. The first-order valence-electron chi connectivity index (χ1n) is 6.23. The first-order valence-corrected chi connectivity index (χ1v) is 6.23. The van der Waals surface area contributed by atoms with Gasteiger partial charge in [0.1, 0.15) is 0 Å².